The van der Waals surface area contributed by atoms with Gasteiger partial charge in [-0.1, -0.05) is 19.1 Å². The molecule has 1 fully saturated rings. The average molecular weight is 229 g/mol. The van der Waals surface area contributed by atoms with E-state index in [-0.39, 0.29) is 6.04 Å². The van der Waals surface area contributed by atoms with E-state index in [4.69, 9.17) is 0 Å². The van der Waals surface area contributed by atoms with Gasteiger partial charge in [0.2, 0.25) is 0 Å². The number of benzene rings is 1. The number of rotatable bonds is 1. The highest BCUT2D eigenvalue weighted by molar-refractivity contribution is 5.28. The standard InChI is InChI=1S/C12H14F3N/c1-8-5-11(16-7-8)9-3-2-4-10(6-9)12(13,14)15/h2-4,6,8,11,16H,5,7H2,1H3/t8-,11+/m1/s1. The molecule has 0 amide bonds. The Kier molecular flexibility index (Phi) is 2.93. The molecule has 2 rings (SSSR count). The normalized spacial score (nSPS) is 26.0. The van der Waals surface area contributed by atoms with E-state index in [2.05, 4.69) is 12.2 Å². The highest BCUT2D eigenvalue weighted by atomic mass is 19.4. The maximum atomic E-state index is 12.5. The highest BCUT2D eigenvalue weighted by Gasteiger charge is 2.31. The van der Waals surface area contributed by atoms with Gasteiger partial charge in [0, 0.05) is 6.04 Å². The third-order valence-electron chi connectivity index (χ3n) is 2.97. The molecule has 1 heterocycles. The van der Waals surface area contributed by atoms with E-state index in [9.17, 15) is 13.2 Å². The van der Waals surface area contributed by atoms with Crippen LogP contribution in [0.3, 0.4) is 0 Å². The van der Waals surface area contributed by atoms with Gasteiger partial charge in [0.15, 0.2) is 0 Å². The smallest absolute Gasteiger partial charge is 0.310 e. The van der Waals surface area contributed by atoms with E-state index in [0.29, 0.717) is 5.92 Å². The van der Waals surface area contributed by atoms with Crippen molar-refractivity contribution in [2.45, 2.75) is 25.6 Å². The van der Waals surface area contributed by atoms with Crippen molar-refractivity contribution in [2.24, 2.45) is 5.92 Å². The second-order valence-electron chi connectivity index (χ2n) is 4.42. The van der Waals surface area contributed by atoms with Gasteiger partial charge in [0.25, 0.3) is 0 Å². The number of halogens is 3. The van der Waals surface area contributed by atoms with Gasteiger partial charge in [-0.25, -0.2) is 0 Å². The molecule has 0 aromatic heterocycles. The van der Waals surface area contributed by atoms with Crippen molar-refractivity contribution < 1.29 is 13.2 Å². The minimum absolute atomic E-state index is 0.0669. The van der Waals surface area contributed by atoms with Crippen molar-refractivity contribution in [1.82, 2.24) is 5.32 Å². The summed E-state index contributed by atoms with van der Waals surface area (Å²) in [6, 6.07) is 5.66. The van der Waals surface area contributed by atoms with E-state index < -0.39 is 11.7 Å². The lowest BCUT2D eigenvalue weighted by Crippen LogP contribution is -2.14. The fraction of sp³-hybridized carbons (Fsp3) is 0.500. The van der Waals surface area contributed by atoms with Crippen LogP contribution in [0.25, 0.3) is 0 Å². The van der Waals surface area contributed by atoms with E-state index in [1.165, 1.54) is 12.1 Å². The molecule has 0 aliphatic carbocycles. The molecule has 1 aromatic carbocycles. The number of alkyl halides is 3. The van der Waals surface area contributed by atoms with Gasteiger partial charge in [0.1, 0.15) is 0 Å². The van der Waals surface area contributed by atoms with Crippen molar-refractivity contribution in [1.29, 1.82) is 0 Å². The maximum absolute atomic E-state index is 12.5. The summed E-state index contributed by atoms with van der Waals surface area (Å²) in [6.07, 6.45) is -3.35. The van der Waals surface area contributed by atoms with E-state index in [1.54, 1.807) is 6.07 Å². The predicted octanol–water partition coefficient (Wildman–Crippen LogP) is 3.38. The Hall–Kier alpha value is -1.03. The van der Waals surface area contributed by atoms with Gasteiger partial charge in [0.05, 0.1) is 5.56 Å². The molecule has 1 nitrogen and oxygen atoms in total. The summed E-state index contributed by atoms with van der Waals surface area (Å²) in [5, 5.41) is 3.23. The van der Waals surface area contributed by atoms with E-state index in [1.807, 2.05) is 0 Å². The molecule has 0 radical (unpaired) electrons. The average Bonchev–Trinajstić information content (AvgIpc) is 2.64. The van der Waals surface area contributed by atoms with Gasteiger partial charge >= 0.3 is 6.18 Å². The third kappa shape index (κ3) is 2.38. The zero-order valence-electron chi connectivity index (χ0n) is 9.01. The Morgan fingerprint density at radius 2 is 2.06 bits per heavy atom. The van der Waals surface area contributed by atoms with Crippen molar-refractivity contribution in [3.63, 3.8) is 0 Å². The highest BCUT2D eigenvalue weighted by Crippen LogP contribution is 2.33. The molecule has 0 saturated carbocycles. The lowest BCUT2D eigenvalue weighted by Gasteiger charge is -2.13. The van der Waals surface area contributed by atoms with Gasteiger partial charge in [-0.3, -0.25) is 0 Å². The summed E-state index contributed by atoms with van der Waals surface area (Å²) in [6.45, 7) is 2.97. The Morgan fingerprint density at radius 1 is 1.31 bits per heavy atom. The lowest BCUT2D eigenvalue weighted by molar-refractivity contribution is -0.137. The molecular formula is C12H14F3N. The maximum Gasteiger partial charge on any atom is 0.416 e. The van der Waals surface area contributed by atoms with Crippen molar-refractivity contribution in [2.75, 3.05) is 6.54 Å². The first kappa shape index (κ1) is 11.5. The summed E-state index contributed by atoms with van der Waals surface area (Å²) >= 11 is 0. The van der Waals surface area contributed by atoms with Crippen LogP contribution in [0.4, 0.5) is 13.2 Å². The van der Waals surface area contributed by atoms with Crippen LogP contribution in [-0.2, 0) is 6.18 Å². The Morgan fingerprint density at radius 3 is 2.62 bits per heavy atom. The summed E-state index contributed by atoms with van der Waals surface area (Å²) in [4.78, 5) is 0. The second kappa shape index (κ2) is 4.09. The molecule has 0 unspecified atom stereocenters. The summed E-state index contributed by atoms with van der Waals surface area (Å²) in [5.74, 6) is 0.527. The molecule has 1 N–H and O–H groups in total. The quantitative estimate of drug-likeness (QED) is 0.778. The second-order valence-corrected chi connectivity index (χ2v) is 4.42. The third-order valence-corrected chi connectivity index (χ3v) is 2.97. The molecular weight excluding hydrogens is 215 g/mol. The van der Waals surface area contributed by atoms with Crippen LogP contribution in [0.2, 0.25) is 0 Å². The monoisotopic (exact) mass is 229 g/mol. The topological polar surface area (TPSA) is 12.0 Å². The number of nitrogens with one attached hydrogen (secondary N) is 1. The van der Waals surface area contributed by atoms with Gasteiger partial charge in [-0.15, -0.1) is 0 Å². The fourth-order valence-corrected chi connectivity index (χ4v) is 2.10. The number of hydrogen-bond donors (Lipinski definition) is 1. The van der Waals surface area contributed by atoms with Crippen LogP contribution in [-0.4, -0.2) is 6.54 Å². The van der Waals surface area contributed by atoms with Crippen LogP contribution in [0.5, 0.6) is 0 Å². The molecule has 0 spiro atoms. The largest absolute Gasteiger partial charge is 0.416 e. The van der Waals surface area contributed by atoms with Crippen molar-refractivity contribution in [3.8, 4) is 0 Å². The number of hydrogen-bond acceptors (Lipinski definition) is 1. The Balaban J connectivity index is 2.23. The SMILES string of the molecule is C[C@H]1CN[C@H](c2cccc(C(F)(F)F)c2)C1. The van der Waals surface area contributed by atoms with Gasteiger partial charge < -0.3 is 5.32 Å². The summed E-state index contributed by atoms with van der Waals surface area (Å²) in [7, 11) is 0. The van der Waals surface area contributed by atoms with Crippen LogP contribution in [0.1, 0.15) is 30.5 Å². The molecule has 4 heteroatoms. The fourth-order valence-electron chi connectivity index (χ4n) is 2.10. The van der Waals surface area contributed by atoms with Crippen molar-refractivity contribution in [3.05, 3.63) is 35.4 Å². The molecule has 0 bridgehead atoms. The summed E-state index contributed by atoms with van der Waals surface area (Å²) < 4.78 is 37.5. The van der Waals surface area contributed by atoms with Crippen LogP contribution < -0.4 is 5.32 Å². The van der Waals surface area contributed by atoms with Gasteiger partial charge in [-0.05, 0) is 36.6 Å². The minimum atomic E-state index is -4.25. The predicted molar refractivity (Wildman–Crippen MR) is 56.0 cm³/mol. The first-order valence-electron chi connectivity index (χ1n) is 5.37. The van der Waals surface area contributed by atoms with E-state index >= 15 is 0 Å². The Labute approximate surface area is 92.7 Å². The minimum Gasteiger partial charge on any atom is -0.310 e. The molecule has 2 atom stereocenters. The zero-order valence-corrected chi connectivity index (χ0v) is 9.01. The molecule has 1 aliphatic heterocycles. The first-order chi connectivity index (χ1) is 7.47. The Bertz CT molecular complexity index is 373. The molecule has 1 aromatic rings. The molecule has 1 aliphatic rings. The van der Waals surface area contributed by atoms with Crippen LogP contribution >= 0.6 is 0 Å². The van der Waals surface area contributed by atoms with Crippen molar-refractivity contribution >= 4 is 0 Å². The van der Waals surface area contributed by atoms with Gasteiger partial charge in [-0.2, -0.15) is 13.2 Å². The summed E-state index contributed by atoms with van der Waals surface area (Å²) in [5.41, 5.74) is 0.172. The molecule has 16 heavy (non-hydrogen) atoms. The first-order valence-corrected chi connectivity index (χ1v) is 5.37. The van der Waals surface area contributed by atoms with E-state index in [0.717, 1.165) is 24.6 Å². The lowest BCUT2D eigenvalue weighted by atomic mass is 9.99. The molecule has 1 saturated heterocycles. The zero-order chi connectivity index (χ0) is 11.8. The van der Waals surface area contributed by atoms with Crippen LogP contribution in [0.15, 0.2) is 24.3 Å². The molecule has 88 valence electrons. The van der Waals surface area contributed by atoms with Crippen LogP contribution in [0, 0.1) is 5.92 Å².